The molecule has 1 saturated heterocycles. The molecule has 0 aromatic carbocycles. The minimum absolute atomic E-state index is 0.0565. The van der Waals surface area contributed by atoms with E-state index in [1.54, 1.807) is 12.3 Å². The largest absolute Gasteiger partial charge is 0.405 e. The molecule has 3 aromatic rings. The first kappa shape index (κ1) is 19.2. The Labute approximate surface area is 162 Å². The van der Waals surface area contributed by atoms with Crippen LogP contribution in [0.25, 0.3) is 16.8 Å². The van der Waals surface area contributed by atoms with Crippen LogP contribution in [0.2, 0.25) is 0 Å². The number of alkyl halides is 3. The minimum Gasteiger partial charge on any atom is -0.329 e. The van der Waals surface area contributed by atoms with E-state index in [1.165, 1.54) is 17.3 Å². The summed E-state index contributed by atoms with van der Waals surface area (Å²) in [7, 11) is 0. The fraction of sp³-hybridized carbons (Fsp3) is 0.471. The fourth-order valence-electron chi connectivity index (χ4n) is 3.96. The first-order chi connectivity index (χ1) is 13.8. The van der Waals surface area contributed by atoms with E-state index in [2.05, 4.69) is 15.3 Å². The summed E-state index contributed by atoms with van der Waals surface area (Å²) in [5, 5.41) is 4.83. The molecule has 1 fully saturated rings. The monoisotopic (exact) mass is 409 g/mol. The quantitative estimate of drug-likeness (QED) is 0.670. The molecule has 12 heteroatoms. The fourth-order valence-corrected chi connectivity index (χ4v) is 3.96. The zero-order valence-corrected chi connectivity index (χ0v) is 15.4. The number of nitrogens with one attached hydrogen (secondary N) is 1. The number of carbonyl (C=O) groups excluding carboxylic acids is 1. The van der Waals surface area contributed by atoms with Crippen LogP contribution in [0.1, 0.15) is 25.0 Å². The van der Waals surface area contributed by atoms with Crippen molar-refractivity contribution < 1.29 is 18.0 Å². The first-order valence-electron chi connectivity index (χ1n) is 9.09. The number of hydrogen-bond acceptors (Lipinski definition) is 5. The van der Waals surface area contributed by atoms with E-state index in [0.717, 1.165) is 16.8 Å². The van der Waals surface area contributed by atoms with Crippen LogP contribution in [0.5, 0.6) is 0 Å². The number of likely N-dealkylation sites (tertiary alicyclic amines) is 1. The molecule has 0 aliphatic carbocycles. The number of carbonyl (C=O) groups is 1. The summed E-state index contributed by atoms with van der Waals surface area (Å²) in [6.45, 7) is 1.23. The summed E-state index contributed by atoms with van der Waals surface area (Å²) >= 11 is 0. The molecule has 4 rings (SSSR count). The maximum atomic E-state index is 12.4. The van der Waals surface area contributed by atoms with Gasteiger partial charge in [0.15, 0.2) is 11.3 Å². The number of imidazole rings is 1. The highest BCUT2D eigenvalue weighted by molar-refractivity contribution is 5.76. The zero-order valence-electron chi connectivity index (χ0n) is 15.4. The molecule has 0 radical (unpaired) electrons. The van der Waals surface area contributed by atoms with Gasteiger partial charge in [-0.1, -0.05) is 13.3 Å². The van der Waals surface area contributed by atoms with Crippen LogP contribution in [0.3, 0.4) is 0 Å². The standard InChI is InChI=1S/C17H18F3N7O2/c1-2-10-7-25(16(28)23-9-17(18,19)20)8-11(10)13-5-21-14-6-22-15-12(27(13)14)3-4-26(15)24-29/h3-6,10-11H,2,7-9H2,1H3,(H,23,28)/t10-,11+/m1/s1. The van der Waals surface area contributed by atoms with Gasteiger partial charge in [-0.2, -0.15) is 17.8 Å². The van der Waals surface area contributed by atoms with Crippen molar-refractivity contribution in [3.05, 3.63) is 35.3 Å². The Morgan fingerprint density at radius 1 is 1.31 bits per heavy atom. The summed E-state index contributed by atoms with van der Waals surface area (Å²) in [4.78, 5) is 33.2. The zero-order chi connectivity index (χ0) is 20.8. The highest BCUT2D eigenvalue weighted by atomic mass is 19.4. The van der Waals surface area contributed by atoms with Gasteiger partial charge in [-0.05, 0) is 12.0 Å². The van der Waals surface area contributed by atoms with Crippen molar-refractivity contribution in [1.82, 2.24) is 29.3 Å². The Morgan fingerprint density at radius 2 is 2.10 bits per heavy atom. The number of fused-ring (bicyclic) bond motifs is 3. The maximum Gasteiger partial charge on any atom is 0.405 e. The number of urea groups is 1. The number of nitrogens with zero attached hydrogens (tertiary/aromatic N) is 6. The van der Waals surface area contributed by atoms with Crippen molar-refractivity contribution in [3.8, 4) is 0 Å². The van der Waals surface area contributed by atoms with Crippen LogP contribution >= 0.6 is 0 Å². The first-order valence-corrected chi connectivity index (χ1v) is 9.09. The van der Waals surface area contributed by atoms with Gasteiger partial charge in [0.1, 0.15) is 6.54 Å². The maximum absolute atomic E-state index is 12.4. The summed E-state index contributed by atoms with van der Waals surface area (Å²) in [6, 6.07) is 0.964. The van der Waals surface area contributed by atoms with Crippen molar-refractivity contribution in [1.29, 1.82) is 0 Å². The Kier molecular flexibility index (Phi) is 4.63. The molecular formula is C17H18F3N7O2. The third-order valence-corrected chi connectivity index (χ3v) is 5.34. The lowest BCUT2D eigenvalue weighted by Gasteiger charge is -2.18. The molecule has 4 heterocycles. The van der Waals surface area contributed by atoms with E-state index in [-0.39, 0.29) is 18.4 Å². The predicted molar refractivity (Wildman–Crippen MR) is 97.2 cm³/mol. The van der Waals surface area contributed by atoms with Crippen LogP contribution < -0.4 is 5.32 Å². The Morgan fingerprint density at radius 3 is 2.79 bits per heavy atom. The summed E-state index contributed by atoms with van der Waals surface area (Å²) in [6.07, 6.45) is 0.992. The minimum atomic E-state index is -4.46. The van der Waals surface area contributed by atoms with Crippen molar-refractivity contribution in [2.24, 2.45) is 11.2 Å². The molecule has 154 valence electrons. The second-order valence-electron chi connectivity index (χ2n) is 7.04. The second-order valence-corrected chi connectivity index (χ2v) is 7.04. The van der Waals surface area contributed by atoms with Gasteiger partial charge < -0.3 is 10.2 Å². The third-order valence-electron chi connectivity index (χ3n) is 5.34. The van der Waals surface area contributed by atoms with Crippen LogP contribution in [0.15, 0.2) is 29.9 Å². The topological polar surface area (TPSA) is 96.9 Å². The Hall–Kier alpha value is -3.18. The molecule has 2 amide bonds. The smallest absolute Gasteiger partial charge is 0.329 e. The van der Waals surface area contributed by atoms with Crippen molar-refractivity contribution in [2.45, 2.75) is 25.4 Å². The molecule has 1 N–H and O–H groups in total. The van der Waals surface area contributed by atoms with E-state index in [0.29, 0.717) is 23.4 Å². The lowest BCUT2D eigenvalue weighted by molar-refractivity contribution is -0.123. The van der Waals surface area contributed by atoms with Crippen LogP contribution in [0, 0.1) is 10.8 Å². The van der Waals surface area contributed by atoms with Gasteiger partial charge >= 0.3 is 12.2 Å². The molecule has 29 heavy (non-hydrogen) atoms. The molecular weight excluding hydrogens is 391 g/mol. The lowest BCUT2D eigenvalue weighted by Crippen LogP contribution is -2.42. The van der Waals surface area contributed by atoms with Gasteiger partial charge in [0.05, 0.1) is 17.0 Å². The van der Waals surface area contributed by atoms with Gasteiger partial charge in [0.2, 0.25) is 0 Å². The highest BCUT2D eigenvalue weighted by Gasteiger charge is 2.38. The Balaban J connectivity index is 1.67. The van der Waals surface area contributed by atoms with Crippen molar-refractivity contribution in [3.63, 3.8) is 0 Å². The molecule has 3 aromatic heterocycles. The average Bonchev–Trinajstić information content (AvgIpc) is 3.39. The summed E-state index contributed by atoms with van der Waals surface area (Å²) in [5.74, 6) is -0.0641. The summed E-state index contributed by atoms with van der Waals surface area (Å²) in [5.41, 5.74) is 2.40. The predicted octanol–water partition coefficient (Wildman–Crippen LogP) is 2.91. The van der Waals surface area contributed by atoms with Crippen molar-refractivity contribution in [2.75, 3.05) is 19.6 Å². The molecule has 0 saturated carbocycles. The highest BCUT2D eigenvalue weighted by Crippen LogP contribution is 2.36. The molecule has 2 atom stereocenters. The van der Waals surface area contributed by atoms with E-state index in [4.69, 9.17) is 0 Å². The van der Waals surface area contributed by atoms with E-state index in [1.807, 2.05) is 16.6 Å². The van der Waals surface area contributed by atoms with Crippen LogP contribution in [-0.2, 0) is 0 Å². The second kappa shape index (κ2) is 7.01. The van der Waals surface area contributed by atoms with E-state index >= 15 is 0 Å². The lowest BCUT2D eigenvalue weighted by atomic mass is 9.91. The molecule has 1 aliphatic heterocycles. The number of rotatable bonds is 4. The van der Waals surface area contributed by atoms with E-state index in [9.17, 15) is 22.9 Å². The molecule has 1 aliphatic rings. The van der Waals surface area contributed by atoms with Gasteiger partial charge in [0.25, 0.3) is 0 Å². The molecule has 0 unspecified atom stereocenters. The average molecular weight is 409 g/mol. The molecule has 0 bridgehead atoms. The molecule has 0 spiro atoms. The van der Waals surface area contributed by atoms with Crippen LogP contribution in [0.4, 0.5) is 18.0 Å². The number of amides is 2. The van der Waals surface area contributed by atoms with Gasteiger partial charge in [0, 0.05) is 37.1 Å². The van der Waals surface area contributed by atoms with Gasteiger partial charge in [-0.15, -0.1) is 4.91 Å². The van der Waals surface area contributed by atoms with Crippen molar-refractivity contribution >= 4 is 22.8 Å². The van der Waals surface area contributed by atoms with Gasteiger partial charge in [-0.3, -0.25) is 4.40 Å². The summed E-state index contributed by atoms with van der Waals surface area (Å²) < 4.78 is 40.2. The molecule has 9 nitrogen and oxygen atoms in total. The number of aromatic nitrogens is 4. The number of halogens is 3. The van der Waals surface area contributed by atoms with Crippen LogP contribution in [-0.4, -0.2) is 55.8 Å². The normalized spacial score (nSPS) is 19.9. The Bertz CT molecular complexity index is 1070. The number of nitroso groups, excluding NO2 is 1. The van der Waals surface area contributed by atoms with Gasteiger partial charge in [-0.25, -0.2) is 14.8 Å². The SMILES string of the molecule is CC[C@@H]1CN(C(=O)NCC(F)(F)F)C[C@@H]1c1cnc2cnc3c(ccn3N=O)n12. The van der Waals surface area contributed by atoms with E-state index < -0.39 is 18.8 Å². The third kappa shape index (κ3) is 3.38. The number of hydrogen-bond donors (Lipinski definition) is 1.